The Morgan fingerprint density at radius 1 is 1.33 bits per heavy atom. The summed E-state index contributed by atoms with van der Waals surface area (Å²) in [4.78, 5) is 0. The van der Waals surface area contributed by atoms with Crippen LogP contribution in [0.15, 0.2) is 0 Å². The summed E-state index contributed by atoms with van der Waals surface area (Å²) < 4.78 is 30.0. The van der Waals surface area contributed by atoms with E-state index in [1.165, 1.54) is 6.42 Å². The van der Waals surface area contributed by atoms with Crippen LogP contribution in [0.5, 0.6) is 0 Å². The highest BCUT2D eigenvalue weighted by Crippen LogP contribution is 2.22. The lowest BCUT2D eigenvalue weighted by atomic mass is 9.95. The third kappa shape index (κ3) is 4.46. The van der Waals surface area contributed by atoms with Crippen molar-refractivity contribution < 1.29 is 18.2 Å². The van der Waals surface area contributed by atoms with Crippen LogP contribution in [0.2, 0.25) is 0 Å². The molecule has 0 heterocycles. The monoisotopic (exact) mass is 237 g/mol. The second kappa shape index (κ2) is 5.25. The van der Waals surface area contributed by atoms with Crippen molar-refractivity contribution in [3.63, 3.8) is 0 Å². The quantitative estimate of drug-likeness (QED) is 0.569. The highest BCUT2D eigenvalue weighted by atomic mass is 32.2. The Morgan fingerprint density at radius 3 is 2.33 bits per heavy atom. The first-order chi connectivity index (χ1) is 6.90. The minimum atomic E-state index is -4.01. The molecule has 1 atom stereocenters. The molecule has 1 fully saturated rings. The molecule has 15 heavy (non-hydrogen) atoms. The lowest BCUT2D eigenvalue weighted by molar-refractivity contribution is -0.157. The van der Waals surface area contributed by atoms with Gasteiger partial charge in [0.2, 0.25) is 0 Å². The Morgan fingerprint density at radius 2 is 1.87 bits per heavy atom. The minimum absolute atomic E-state index is 0.0375. The number of hydrogen-bond acceptors (Lipinski definition) is 4. The fourth-order valence-electron chi connectivity index (χ4n) is 2.09. The Balaban J connectivity index is 2.47. The summed E-state index contributed by atoms with van der Waals surface area (Å²) in [6, 6.07) is -0.515. The van der Waals surface area contributed by atoms with Gasteiger partial charge < -0.3 is 5.21 Å². The summed E-state index contributed by atoms with van der Waals surface area (Å²) in [6.07, 6.45) is 5.11. The van der Waals surface area contributed by atoms with Gasteiger partial charge in [-0.3, -0.25) is 4.55 Å². The molecule has 0 spiro atoms. The first kappa shape index (κ1) is 12.9. The molecule has 0 aromatic heterocycles. The van der Waals surface area contributed by atoms with Gasteiger partial charge in [-0.25, -0.2) is 0 Å². The SMILES string of the molecule is CC(CS(=O)(=O)O)N(O)C1CCCCC1. The van der Waals surface area contributed by atoms with E-state index >= 15 is 0 Å². The molecule has 0 bridgehead atoms. The van der Waals surface area contributed by atoms with Gasteiger partial charge in [0.05, 0.1) is 5.75 Å². The van der Waals surface area contributed by atoms with E-state index < -0.39 is 21.9 Å². The van der Waals surface area contributed by atoms with Gasteiger partial charge in [-0.2, -0.15) is 13.5 Å². The summed E-state index contributed by atoms with van der Waals surface area (Å²) in [5.41, 5.74) is 0. The van der Waals surface area contributed by atoms with Crippen molar-refractivity contribution in [2.45, 2.75) is 51.1 Å². The Kier molecular flexibility index (Phi) is 4.51. The van der Waals surface area contributed by atoms with Gasteiger partial charge in [0.1, 0.15) is 0 Å². The predicted octanol–water partition coefficient (Wildman–Crippen LogP) is 1.29. The first-order valence-electron chi connectivity index (χ1n) is 5.32. The van der Waals surface area contributed by atoms with E-state index in [4.69, 9.17) is 4.55 Å². The van der Waals surface area contributed by atoms with Crippen LogP contribution in [0, 0.1) is 0 Å². The molecule has 0 aliphatic heterocycles. The van der Waals surface area contributed by atoms with Gasteiger partial charge in [0, 0.05) is 12.1 Å². The highest BCUT2D eigenvalue weighted by Gasteiger charge is 2.26. The van der Waals surface area contributed by atoms with Crippen LogP contribution in [0.25, 0.3) is 0 Å². The standard InChI is InChI=1S/C9H19NO4S/c1-8(7-15(12,13)14)10(11)9-5-3-2-4-6-9/h8-9,11H,2-7H2,1H3,(H,12,13,14). The van der Waals surface area contributed by atoms with Crippen molar-refractivity contribution in [3.8, 4) is 0 Å². The highest BCUT2D eigenvalue weighted by molar-refractivity contribution is 7.85. The maximum atomic E-state index is 10.6. The Bertz CT molecular complexity index is 284. The fraction of sp³-hybridized carbons (Fsp3) is 1.00. The van der Waals surface area contributed by atoms with E-state index in [1.54, 1.807) is 6.92 Å². The lowest BCUT2D eigenvalue weighted by Crippen LogP contribution is -2.43. The van der Waals surface area contributed by atoms with Gasteiger partial charge in [-0.15, -0.1) is 0 Å². The maximum absolute atomic E-state index is 10.6. The van der Waals surface area contributed by atoms with Crippen LogP contribution in [0.4, 0.5) is 0 Å². The topological polar surface area (TPSA) is 77.8 Å². The van der Waals surface area contributed by atoms with E-state index in [9.17, 15) is 13.6 Å². The van der Waals surface area contributed by atoms with E-state index in [2.05, 4.69) is 0 Å². The minimum Gasteiger partial charge on any atom is -0.313 e. The van der Waals surface area contributed by atoms with E-state index in [-0.39, 0.29) is 6.04 Å². The summed E-state index contributed by atoms with van der Waals surface area (Å²) in [5, 5.41) is 10.9. The fourth-order valence-corrected chi connectivity index (χ4v) is 2.85. The van der Waals surface area contributed by atoms with Crippen LogP contribution in [-0.4, -0.2) is 41.1 Å². The zero-order valence-corrected chi connectivity index (χ0v) is 9.78. The molecule has 0 saturated heterocycles. The molecule has 1 rings (SSSR count). The summed E-state index contributed by atoms with van der Waals surface area (Å²) in [6.45, 7) is 1.60. The number of hydrogen-bond donors (Lipinski definition) is 2. The van der Waals surface area contributed by atoms with Crippen LogP contribution in [0.3, 0.4) is 0 Å². The number of hydroxylamine groups is 2. The average Bonchev–Trinajstić information content (AvgIpc) is 2.15. The molecule has 90 valence electrons. The first-order valence-corrected chi connectivity index (χ1v) is 6.93. The molecule has 0 radical (unpaired) electrons. The van der Waals surface area contributed by atoms with Gasteiger partial charge in [0.15, 0.2) is 0 Å². The van der Waals surface area contributed by atoms with Crippen molar-refractivity contribution in [2.24, 2.45) is 0 Å². The van der Waals surface area contributed by atoms with Crippen LogP contribution >= 0.6 is 0 Å². The molecule has 6 heteroatoms. The van der Waals surface area contributed by atoms with Crippen LogP contribution in [-0.2, 0) is 10.1 Å². The van der Waals surface area contributed by atoms with Crippen molar-refractivity contribution in [2.75, 3.05) is 5.75 Å². The second-order valence-corrected chi connectivity index (χ2v) is 5.77. The molecule has 1 saturated carbocycles. The van der Waals surface area contributed by atoms with Gasteiger partial charge >= 0.3 is 0 Å². The van der Waals surface area contributed by atoms with Crippen molar-refractivity contribution in [1.29, 1.82) is 0 Å². The molecular weight excluding hydrogens is 218 g/mol. The van der Waals surface area contributed by atoms with E-state index in [0.717, 1.165) is 30.7 Å². The normalized spacial score (nSPS) is 21.9. The zero-order valence-electron chi connectivity index (χ0n) is 8.96. The van der Waals surface area contributed by atoms with Crippen molar-refractivity contribution >= 4 is 10.1 Å². The van der Waals surface area contributed by atoms with Gasteiger partial charge in [0.25, 0.3) is 10.1 Å². The molecule has 2 N–H and O–H groups in total. The third-order valence-electron chi connectivity index (χ3n) is 2.85. The van der Waals surface area contributed by atoms with Crippen LogP contribution in [0.1, 0.15) is 39.0 Å². The predicted molar refractivity (Wildman–Crippen MR) is 56.4 cm³/mol. The van der Waals surface area contributed by atoms with Gasteiger partial charge in [-0.1, -0.05) is 19.3 Å². The second-order valence-electron chi connectivity index (χ2n) is 4.27. The molecule has 5 nitrogen and oxygen atoms in total. The third-order valence-corrected chi connectivity index (χ3v) is 3.76. The summed E-state index contributed by atoms with van der Waals surface area (Å²) >= 11 is 0. The molecular formula is C9H19NO4S. The van der Waals surface area contributed by atoms with Crippen molar-refractivity contribution in [3.05, 3.63) is 0 Å². The van der Waals surface area contributed by atoms with E-state index in [0.29, 0.717) is 0 Å². The smallest absolute Gasteiger partial charge is 0.266 e. The Hall–Kier alpha value is -0.170. The number of nitrogens with zero attached hydrogens (tertiary/aromatic N) is 1. The zero-order chi connectivity index (χ0) is 11.5. The summed E-state index contributed by atoms with van der Waals surface area (Å²) in [7, 11) is -4.01. The van der Waals surface area contributed by atoms with E-state index in [1.807, 2.05) is 0 Å². The average molecular weight is 237 g/mol. The molecule has 0 aromatic rings. The molecule has 0 amide bonds. The van der Waals surface area contributed by atoms with Crippen molar-refractivity contribution in [1.82, 2.24) is 5.06 Å². The molecule has 1 unspecified atom stereocenters. The van der Waals surface area contributed by atoms with Crippen LogP contribution < -0.4 is 0 Å². The molecule has 1 aliphatic carbocycles. The maximum Gasteiger partial charge on any atom is 0.266 e. The Labute approximate surface area is 90.8 Å². The largest absolute Gasteiger partial charge is 0.313 e. The summed E-state index contributed by atoms with van der Waals surface area (Å²) in [5.74, 6) is -0.417. The number of rotatable bonds is 4. The lowest BCUT2D eigenvalue weighted by Gasteiger charge is -2.32. The molecule has 0 aromatic carbocycles. The molecule has 1 aliphatic rings. The van der Waals surface area contributed by atoms with Gasteiger partial charge in [-0.05, 0) is 19.8 Å².